The van der Waals surface area contributed by atoms with Gasteiger partial charge in [-0.25, -0.2) is 13.8 Å². The number of nitrogens with one attached hydrogen (secondary N) is 2. The van der Waals surface area contributed by atoms with Crippen LogP contribution in [0.25, 0.3) is 22.0 Å². The number of aryl methyl sites for hydroxylation is 1. The summed E-state index contributed by atoms with van der Waals surface area (Å²) >= 11 is -2.02. The van der Waals surface area contributed by atoms with E-state index in [4.69, 9.17) is 9.47 Å². The number of rotatable bonds is 7. The summed E-state index contributed by atoms with van der Waals surface area (Å²) in [6.45, 7) is 3.88. The van der Waals surface area contributed by atoms with Crippen LogP contribution in [-0.2, 0) is 11.4 Å². The number of halogens is 2. The molecule has 0 saturated carbocycles. The first-order chi connectivity index (χ1) is 17.8. The van der Waals surface area contributed by atoms with Gasteiger partial charge in [0.25, 0.3) is 0 Å². The van der Waals surface area contributed by atoms with Crippen LogP contribution in [0, 0.1) is 18.6 Å². The topological polar surface area (TPSA) is 98.4 Å². The third-order valence-electron chi connectivity index (χ3n) is 6.45. The molecule has 5 rings (SSSR count). The fourth-order valence-electron chi connectivity index (χ4n) is 4.37. The average Bonchev–Trinajstić information content (AvgIpc) is 3.26. The van der Waals surface area contributed by atoms with Crippen molar-refractivity contribution >= 4 is 28.0 Å². The Kier molecular flexibility index (Phi) is 7.18. The number of H-pyrrole nitrogens is 1. The van der Waals surface area contributed by atoms with Gasteiger partial charge in [0, 0.05) is 48.1 Å². The molecule has 11 heteroatoms. The van der Waals surface area contributed by atoms with Crippen molar-refractivity contribution < 1.29 is 22.8 Å². The van der Waals surface area contributed by atoms with Gasteiger partial charge in [0.2, 0.25) is 10.8 Å². The quantitative estimate of drug-likeness (QED) is 0.332. The van der Waals surface area contributed by atoms with Gasteiger partial charge in [0.05, 0.1) is 7.11 Å². The third kappa shape index (κ3) is 5.34. The van der Waals surface area contributed by atoms with Crippen molar-refractivity contribution in [3.63, 3.8) is 0 Å². The Morgan fingerprint density at radius 3 is 2.65 bits per heavy atom. The van der Waals surface area contributed by atoms with Gasteiger partial charge in [-0.15, -0.1) is 0 Å². The van der Waals surface area contributed by atoms with Crippen LogP contribution < -0.4 is 14.2 Å². The van der Waals surface area contributed by atoms with E-state index in [1.807, 2.05) is 19.1 Å². The molecule has 4 aromatic rings. The van der Waals surface area contributed by atoms with Crippen LogP contribution in [-0.4, -0.2) is 58.0 Å². The van der Waals surface area contributed by atoms with E-state index in [0.29, 0.717) is 23.1 Å². The zero-order valence-electron chi connectivity index (χ0n) is 20.7. The standard InChI is InChI=1S/C26H27F2N5O3S/c1-15-20-10-16(12-23(25(20)31-30-15)36-19-6-8-33(2)9-7-19)17-11-22(26(35-3)29-14-17)32-37(34)24-5-4-18(27)13-21(24)28/h4-5,10-14,19,32H,6-9H2,1-3H3,(H,30,31). The molecule has 2 aromatic heterocycles. The average molecular weight is 528 g/mol. The minimum Gasteiger partial charge on any atom is -0.588 e. The lowest BCUT2D eigenvalue weighted by Crippen LogP contribution is -2.35. The lowest BCUT2D eigenvalue weighted by atomic mass is 10.0. The number of aromatic amines is 1. The smallest absolute Gasteiger partial charge is 0.241 e. The second-order valence-corrected chi connectivity index (χ2v) is 10.2. The first-order valence-corrected chi connectivity index (χ1v) is 13.0. The van der Waals surface area contributed by atoms with E-state index in [2.05, 4.69) is 31.9 Å². The fraction of sp³-hybridized carbons (Fsp3) is 0.308. The van der Waals surface area contributed by atoms with Crippen LogP contribution in [0.3, 0.4) is 0 Å². The van der Waals surface area contributed by atoms with E-state index in [1.165, 1.54) is 7.11 Å². The van der Waals surface area contributed by atoms with Crippen LogP contribution in [0.5, 0.6) is 11.6 Å². The number of fused-ring (bicyclic) bond motifs is 1. The monoisotopic (exact) mass is 527 g/mol. The SMILES string of the molecule is COc1ncc(-c2cc(OC3CCN(C)CC3)c3n[nH]c(C)c3c2)cc1N[S+]([O-])c1ccc(F)cc1F. The van der Waals surface area contributed by atoms with Gasteiger partial charge in [0.15, 0.2) is 5.82 Å². The molecule has 0 aliphatic carbocycles. The Morgan fingerprint density at radius 1 is 1.14 bits per heavy atom. The van der Waals surface area contributed by atoms with Gasteiger partial charge in [-0.3, -0.25) is 5.10 Å². The van der Waals surface area contributed by atoms with Crippen LogP contribution >= 0.6 is 0 Å². The molecule has 0 spiro atoms. The molecule has 0 bridgehead atoms. The van der Waals surface area contributed by atoms with Crippen LogP contribution in [0.15, 0.2) is 47.5 Å². The maximum atomic E-state index is 14.2. The lowest BCUT2D eigenvalue weighted by molar-refractivity contribution is 0.115. The van der Waals surface area contributed by atoms with Crippen LogP contribution in [0.2, 0.25) is 0 Å². The van der Waals surface area contributed by atoms with Crippen molar-refractivity contribution in [3.8, 4) is 22.8 Å². The van der Waals surface area contributed by atoms with Crippen molar-refractivity contribution in [2.45, 2.75) is 30.8 Å². The van der Waals surface area contributed by atoms with Crippen LogP contribution in [0.4, 0.5) is 14.5 Å². The number of ether oxygens (including phenoxy) is 2. The highest BCUT2D eigenvalue weighted by atomic mass is 32.2. The van der Waals surface area contributed by atoms with Gasteiger partial charge < -0.3 is 18.9 Å². The highest BCUT2D eigenvalue weighted by Crippen LogP contribution is 2.36. The number of piperidine rings is 1. The van der Waals surface area contributed by atoms with E-state index in [9.17, 15) is 13.3 Å². The number of benzene rings is 2. The molecule has 0 radical (unpaired) electrons. The molecular formula is C26H27F2N5O3S. The third-order valence-corrected chi connectivity index (χ3v) is 7.58. The first kappa shape index (κ1) is 25.2. The van der Waals surface area contributed by atoms with Crippen molar-refractivity contribution in [1.29, 1.82) is 0 Å². The molecular weight excluding hydrogens is 500 g/mol. The van der Waals surface area contributed by atoms with Gasteiger partial charge in [-0.1, -0.05) is 0 Å². The molecule has 37 heavy (non-hydrogen) atoms. The maximum Gasteiger partial charge on any atom is 0.241 e. The number of hydrogen-bond donors (Lipinski definition) is 2. The predicted molar refractivity (Wildman–Crippen MR) is 138 cm³/mol. The van der Waals surface area contributed by atoms with Crippen molar-refractivity contribution in [3.05, 3.63) is 59.9 Å². The number of nitrogens with zero attached hydrogens (tertiary/aromatic N) is 3. The van der Waals surface area contributed by atoms with E-state index in [0.717, 1.165) is 60.2 Å². The van der Waals surface area contributed by atoms with E-state index >= 15 is 0 Å². The molecule has 1 fully saturated rings. The van der Waals surface area contributed by atoms with Crippen molar-refractivity contribution in [2.24, 2.45) is 0 Å². The Hall–Kier alpha value is -3.41. The lowest BCUT2D eigenvalue weighted by Gasteiger charge is -2.29. The second-order valence-electron chi connectivity index (χ2n) is 9.07. The summed E-state index contributed by atoms with van der Waals surface area (Å²) in [7, 11) is 3.54. The summed E-state index contributed by atoms with van der Waals surface area (Å²) in [6, 6.07) is 8.51. The highest BCUT2D eigenvalue weighted by Gasteiger charge is 2.23. The van der Waals surface area contributed by atoms with Crippen LogP contribution in [0.1, 0.15) is 18.5 Å². The zero-order valence-corrected chi connectivity index (χ0v) is 21.5. The number of hydrogen-bond acceptors (Lipinski definition) is 7. The Morgan fingerprint density at radius 2 is 1.92 bits per heavy atom. The highest BCUT2D eigenvalue weighted by molar-refractivity contribution is 7.92. The fourth-order valence-corrected chi connectivity index (χ4v) is 5.26. The summed E-state index contributed by atoms with van der Waals surface area (Å²) in [4.78, 5) is 6.46. The molecule has 3 heterocycles. The molecule has 1 aliphatic rings. The molecule has 1 saturated heterocycles. The predicted octanol–water partition coefficient (Wildman–Crippen LogP) is 4.83. The van der Waals surface area contributed by atoms with Gasteiger partial charge in [0.1, 0.15) is 40.2 Å². The zero-order chi connectivity index (χ0) is 26.1. The van der Waals surface area contributed by atoms with Gasteiger partial charge >= 0.3 is 0 Å². The van der Waals surface area contributed by atoms with Gasteiger partial charge in [-0.2, -0.15) is 9.82 Å². The minimum absolute atomic E-state index is 0.0888. The summed E-state index contributed by atoms with van der Waals surface area (Å²) in [6.07, 6.45) is 3.58. The summed E-state index contributed by atoms with van der Waals surface area (Å²) in [5.41, 5.74) is 3.47. The normalized spacial score (nSPS) is 15.6. The van der Waals surface area contributed by atoms with Crippen molar-refractivity contribution in [1.82, 2.24) is 20.1 Å². The molecule has 0 amide bonds. The number of methoxy groups -OCH3 is 1. The maximum absolute atomic E-state index is 14.2. The molecule has 194 valence electrons. The first-order valence-electron chi connectivity index (χ1n) is 11.8. The van der Waals surface area contributed by atoms with E-state index < -0.39 is 23.0 Å². The number of aromatic nitrogens is 3. The Balaban J connectivity index is 1.49. The number of likely N-dealkylation sites (tertiary alicyclic amines) is 1. The largest absolute Gasteiger partial charge is 0.588 e. The molecule has 1 unspecified atom stereocenters. The molecule has 8 nitrogen and oxygen atoms in total. The molecule has 1 atom stereocenters. The Bertz CT molecular complexity index is 1430. The van der Waals surface area contributed by atoms with Gasteiger partial charge in [-0.05, 0) is 56.6 Å². The van der Waals surface area contributed by atoms with E-state index in [-0.39, 0.29) is 16.9 Å². The number of anilines is 1. The second kappa shape index (κ2) is 10.5. The summed E-state index contributed by atoms with van der Waals surface area (Å²) in [5.74, 6) is -0.801. The summed E-state index contributed by atoms with van der Waals surface area (Å²) < 4.78 is 54.9. The molecule has 2 aromatic carbocycles. The van der Waals surface area contributed by atoms with E-state index in [1.54, 1.807) is 12.3 Å². The number of pyridine rings is 1. The molecule has 1 aliphatic heterocycles. The minimum atomic E-state index is -2.02. The molecule has 2 N–H and O–H groups in total. The Labute approximate surface area is 216 Å². The van der Waals surface area contributed by atoms with Crippen molar-refractivity contribution in [2.75, 3.05) is 32.0 Å². The summed E-state index contributed by atoms with van der Waals surface area (Å²) in [5, 5.41) is 8.41.